The molecule has 4 nitrogen and oxygen atoms in total. The Hall–Kier alpha value is -0.810. The van der Waals surface area contributed by atoms with E-state index >= 15 is 0 Å². The topological polar surface area (TPSA) is 66.6 Å². The van der Waals surface area contributed by atoms with E-state index in [1.165, 1.54) is 0 Å². The van der Waals surface area contributed by atoms with Crippen LogP contribution in [0.3, 0.4) is 0 Å². The summed E-state index contributed by atoms with van der Waals surface area (Å²) in [5, 5.41) is 11.2. The molecule has 0 aliphatic rings. The second-order valence-electron chi connectivity index (χ2n) is 5.24. The molecule has 0 spiro atoms. The molecule has 1 aromatic rings. The van der Waals surface area contributed by atoms with Gasteiger partial charge < -0.3 is 10.8 Å². The smallest absolute Gasteiger partial charge is 0.231 e. The summed E-state index contributed by atoms with van der Waals surface area (Å²) < 4.78 is 0. The number of hydrogen-bond donors (Lipinski definition) is 2. The molecule has 0 aliphatic heterocycles. The van der Waals surface area contributed by atoms with Crippen LogP contribution in [0, 0.1) is 5.92 Å². The van der Waals surface area contributed by atoms with Gasteiger partial charge in [-0.1, -0.05) is 43.1 Å². The second-order valence-corrected chi connectivity index (χ2v) is 6.08. The predicted molar refractivity (Wildman–Crippen MR) is 81.9 cm³/mol. The number of carbonyl (C=O) groups excluding carboxylic acids is 1. The largest absolute Gasteiger partial charge is 0.387 e. The van der Waals surface area contributed by atoms with Crippen molar-refractivity contribution in [3.8, 4) is 0 Å². The summed E-state index contributed by atoms with van der Waals surface area (Å²) in [7, 11) is 0. The summed E-state index contributed by atoms with van der Waals surface area (Å²) in [6.07, 6.45) is -0.794. The van der Waals surface area contributed by atoms with Crippen LogP contribution in [0.2, 0.25) is 10.0 Å². The molecule has 0 radical (unpaired) electrons. The highest BCUT2D eigenvalue weighted by molar-refractivity contribution is 6.35. The van der Waals surface area contributed by atoms with Crippen LogP contribution in [0.4, 0.5) is 0 Å². The molecular formula is C14H20Cl2N2O2. The Bertz CT molecular complexity index is 466. The molecule has 20 heavy (non-hydrogen) atoms. The van der Waals surface area contributed by atoms with Gasteiger partial charge in [0, 0.05) is 28.7 Å². The van der Waals surface area contributed by atoms with E-state index in [4.69, 9.17) is 28.9 Å². The average molecular weight is 319 g/mol. The highest BCUT2D eigenvalue weighted by Crippen LogP contribution is 2.26. The molecule has 0 saturated heterocycles. The third-order valence-electron chi connectivity index (χ3n) is 2.76. The van der Waals surface area contributed by atoms with E-state index in [-0.39, 0.29) is 6.54 Å². The van der Waals surface area contributed by atoms with Gasteiger partial charge >= 0.3 is 0 Å². The molecule has 1 aromatic carbocycles. The fraction of sp³-hybridized carbons (Fsp3) is 0.500. The van der Waals surface area contributed by atoms with E-state index in [9.17, 15) is 9.90 Å². The lowest BCUT2D eigenvalue weighted by atomic mass is 10.1. The van der Waals surface area contributed by atoms with Crippen molar-refractivity contribution < 1.29 is 9.90 Å². The zero-order chi connectivity index (χ0) is 15.3. The van der Waals surface area contributed by atoms with Crippen molar-refractivity contribution >= 4 is 29.1 Å². The molecule has 112 valence electrons. The van der Waals surface area contributed by atoms with Gasteiger partial charge in [-0.25, -0.2) is 0 Å². The van der Waals surface area contributed by atoms with E-state index in [0.29, 0.717) is 34.6 Å². The Morgan fingerprint density at radius 3 is 2.50 bits per heavy atom. The molecule has 0 bridgehead atoms. The van der Waals surface area contributed by atoms with Crippen molar-refractivity contribution in [1.29, 1.82) is 0 Å². The zero-order valence-corrected chi connectivity index (χ0v) is 13.2. The molecule has 1 atom stereocenters. The van der Waals surface area contributed by atoms with Gasteiger partial charge in [0.2, 0.25) is 5.91 Å². The quantitative estimate of drug-likeness (QED) is 0.811. The van der Waals surface area contributed by atoms with Crippen molar-refractivity contribution in [3.05, 3.63) is 33.8 Å². The summed E-state index contributed by atoms with van der Waals surface area (Å²) in [4.78, 5) is 12.9. The molecule has 0 aliphatic carbocycles. The van der Waals surface area contributed by atoms with Gasteiger partial charge in [-0.05, 0) is 18.1 Å². The maximum absolute atomic E-state index is 11.1. The maximum atomic E-state index is 11.1. The summed E-state index contributed by atoms with van der Waals surface area (Å²) in [6.45, 7) is 5.15. The number of aliphatic hydroxyl groups excluding tert-OH is 1. The minimum atomic E-state index is -0.794. The molecule has 0 fully saturated rings. The second kappa shape index (κ2) is 7.84. The lowest BCUT2D eigenvalue weighted by Crippen LogP contribution is -2.38. The fourth-order valence-corrected chi connectivity index (χ4v) is 2.59. The third kappa shape index (κ3) is 5.67. The third-order valence-corrected chi connectivity index (χ3v) is 3.32. The summed E-state index contributed by atoms with van der Waals surface area (Å²) in [6, 6.07) is 4.95. The Morgan fingerprint density at radius 1 is 1.35 bits per heavy atom. The van der Waals surface area contributed by atoms with E-state index in [1.54, 1.807) is 18.2 Å². The Morgan fingerprint density at radius 2 is 2.00 bits per heavy atom. The Kier molecular flexibility index (Phi) is 6.76. The number of rotatable bonds is 7. The molecule has 3 N–H and O–H groups in total. The number of nitrogens with zero attached hydrogens (tertiary/aromatic N) is 1. The summed E-state index contributed by atoms with van der Waals surface area (Å²) >= 11 is 11.9. The van der Waals surface area contributed by atoms with Gasteiger partial charge in [-0.15, -0.1) is 0 Å². The Labute approximate surface area is 129 Å². The number of halogens is 2. The molecule has 6 heteroatoms. The molecule has 0 aromatic heterocycles. The molecule has 1 unspecified atom stereocenters. The van der Waals surface area contributed by atoms with Gasteiger partial charge in [-0.2, -0.15) is 0 Å². The van der Waals surface area contributed by atoms with Crippen molar-refractivity contribution in [3.63, 3.8) is 0 Å². The summed E-state index contributed by atoms with van der Waals surface area (Å²) in [5.41, 5.74) is 5.82. The molecular weight excluding hydrogens is 299 g/mol. The number of nitrogens with two attached hydrogens (primary N) is 1. The van der Waals surface area contributed by atoms with Crippen LogP contribution in [-0.4, -0.2) is 35.5 Å². The standard InChI is InChI=1S/C14H20Cl2N2O2/c1-9(2)6-18(8-14(17)20)7-13(19)11-4-3-10(15)5-12(11)16/h3-5,9,13,19H,6-8H2,1-2H3,(H2,17,20). The average Bonchev–Trinajstić information content (AvgIpc) is 2.26. The first kappa shape index (κ1) is 17.2. The van der Waals surface area contributed by atoms with Crippen LogP contribution in [-0.2, 0) is 4.79 Å². The first-order valence-corrected chi connectivity index (χ1v) is 7.19. The zero-order valence-electron chi connectivity index (χ0n) is 11.6. The molecule has 1 amide bonds. The van der Waals surface area contributed by atoms with E-state index in [2.05, 4.69) is 0 Å². The van der Waals surface area contributed by atoms with Crippen LogP contribution in [0.1, 0.15) is 25.5 Å². The minimum absolute atomic E-state index is 0.112. The first-order chi connectivity index (χ1) is 9.29. The van der Waals surface area contributed by atoms with Crippen LogP contribution in [0.25, 0.3) is 0 Å². The molecule has 0 heterocycles. The van der Waals surface area contributed by atoms with Crippen molar-refractivity contribution in [2.75, 3.05) is 19.6 Å². The maximum Gasteiger partial charge on any atom is 0.231 e. The van der Waals surface area contributed by atoms with E-state index in [0.717, 1.165) is 0 Å². The lowest BCUT2D eigenvalue weighted by molar-refractivity contribution is -0.119. The fourth-order valence-electron chi connectivity index (χ4n) is 2.06. The number of aliphatic hydroxyl groups is 1. The van der Waals surface area contributed by atoms with Crippen molar-refractivity contribution in [2.45, 2.75) is 20.0 Å². The number of amides is 1. The monoisotopic (exact) mass is 318 g/mol. The van der Waals surface area contributed by atoms with Crippen LogP contribution < -0.4 is 5.73 Å². The predicted octanol–water partition coefficient (Wildman–Crippen LogP) is 2.47. The van der Waals surface area contributed by atoms with Crippen LogP contribution in [0.5, 0.6) is 0 Å². The van der Waals surface area contributed by atoms with Gasteiger partial charge in [0.25, 0.3) is 0 Å². The van der Waals surface area contributed by atoms with Crippen LogP contribution in [0.15, 0.2) is 18.2 Å². The number of carbonyl (C=O) groups is 1. The number of hydrogen-bond acceptors (Lipinski definition) is 3. The highest BCUT2D eigenvalue weighted by Gasteiger charge is 2.18. The van der Waals surface area contributed by atoms with Crippen molar-refractivity contribution in [1.82, 2.24) is 4.90 Å². The molecule has 1 rings (SSSR count). The SMILES string of the molecule is CC(C)CN(CC(N)=O)CC(O)c1ccc(Cl)cc1Cl. The van der Waals surface area contributed by atoms with Gasteiger partial charge in [0.15, 0.2) is 0 Å². The van der Waals surface area contributed by atoms with Crippen molar-refractivity contribution in [2.24, 2.45) is 11.7 Å². The normalized spacial score (nSPS) is 12.9. The van der Waals surface area contributed by atoms with Gasteiger partial charge in [-0.3, -0.25) is 9.69 Å². The van der Waals surface area contributed by atoms with E-state index in [1.807, 2.05) is 18.7 Å². The van der Waals surface area contributed by atoms with Gasteiger partial charge in [0.1, 0.15) is 0 Å². The highest BCUT2D eigenvalue weighted by atomic mass is 35.5. The lowest BCUT2D eigenvalue weighted by Gasteiger charge is -2.26. The van der Waals surface area contributed by atoms with Crippen LogP contribution >= 0.6 is 23.2 Å². The number of benzene rings is 1. The molecule has 0 saturated carbocycles. The summed E-state index contributed by atoms with van der Waals surface area (Å²) in [5.74, 6) is -0.0534. The first-order valence-electron chi connectivity index (χ1n) is 6.43. The Balaban J connectivity index is 2.78. The van der Waals surface area contributed by atoms with E-state index < -0.39 is 12.0 Å². The minimum Gasteiger partial charge on any atom is -0.387 e. The van der Waals surface area contributed by atoms with Gasteiger partial charge in [0.05, 0.1) is 12.6 Å². The number of primary amides is 1.